The molecule has 0 radical (unpaired) electrons. The van der Waals surface area contributed by atoms with Gasteiger partial charge in [0.15, 0.2) is 0 Å². The standard InChI is InChI=1S/C15H27N3O2/c1-15(2,3)14(20)18-6-4-5-12(10-18)13(19)17-9-11-7-16-8-11/h11-12,16H,4-10H2,1-3H3,(H,17,19). The van der Waals surface area contributed by atoms with E-state index in [1.54, 1.807) is 0 Å². The largest absolute Gasteiger partial charge is 0.355 e. The van der Waals surface area contributed by atoms with Crippen LogP contribution < -0.4 is 10.6 Å². The van der Waals surface area contributed by atoms with Crippen LogP contribution in [0.3, 0.4) is 0 Å². The van der Waals surface area contributed by atoms with Crippen molar-refractivity contribution in [3.8, 4) is 0 Å². The van der Waals surface area contributed by atoms with Crippen LogP contribution >= 0.6 is 0 Å². The number of rotatable bonds is 3. The van der Waals surface area contributed by atoms with Gasteiger partial charge in [-0.2, -0.15) is 0 Å². The maximum absolute atomic E-state index is 12.3. The molecule has 2 aliphatic heterocycles. The second-order valence-electron chi connectivity index (χ2n) is 7.11. The van der Waals surface area contributed by atoms with Gasteiger partial charge in [-0.05, 0) is 12.8 Å². The predicted octanol–water partition coefficient (Wildman–Crippen LogP) is 0.607. The molecule has 0 aromatic rings. The first-order chi connectivity index (χ1) is 9.38. The summed E-state index contributed by atoms with van der Waals surface area (Å²) in [6.45, 7) is 9.92. The molecule has 2 fully saturated rings. The Balaban J connectivity index is 1.82. The number of nitrogens with zero attached hydrogens (tertiary/aromatic N) is 1. The van der Waals surface area contributed by atoms with E-state index >= 15 is 0 Å². The highest BCUT2D eigenvalue weighted by atomic mass is 16.2. The molecule has 2 rings (SSSR count). The third-order valence-corrected chi connectivity index (χ3v) is 4.15. The third kappa shape index (κ3) is 3.72. The first kappa shape index (κ1) is 15.3. The van der Waals surface area contributed by atoms with Crippen LogP contribution in [0, 0.1) is 17.3 Å². The highest BCUT2D eigenvalue weighted by molar-refractivity contribution is 5.83. The second-order valence-corrected chi connectivity index (χ2v) is 7.11. The van der Waals surface area contributed by atoms with Crippen molar-refractivity contribution >= 4 is 11.8 Å². The predicted molar refractivity (Wildman–Crippen MR) is 78.1 cm³/mol. The Kier molecular flexibility index (Phi) is 4.68. The first-order valence-electron chi connectivity index (χ1n) is 7.65. The Hall–Kier alpha value is -1.10. The zero-order valence-corrected chi connectivity index (χ0v) is 12.9. The molecule has 2 saturated heterocycles. The van der Waals surface area contributed by atoms with Crippen molar-refractivity contribution in [2.24, 2.45) is 17.3 Å². The number of likely N-dealkylation sites (tertiary alicyclic amines) is 1. The molecule has 0 bridgehead atoms. The molecule has 1 unspecified atom stereocenters. The Bertz CT molecular complexity index is 372. The number of amides is 2. The van der Waals surface area contributed by atoms with Crippen LogP contribution in [0.25, 0.3) is 0 Å². The molecule has 2 N–H and O–H groups in total. The SMILES string of the molecule is CC(C)(C)C(=O)N1CCCC(C(=O)NCC2CNC2)C1. The number of nitrogens with one attached hydrogen (secondary N) is 2. The van der Waals surface area contributed by atoms with E-state index in [0.717, 1.165) is 39.0 Å². The highest BCUT2D eigenvalue weighted by Gasteiger charge is 2.33. The van der Waals surface area contributed by atoms with Gasteiger partial charge in [0.1, 0.15) is 0 Å². The van der Waals surface area contributed by atoms with Crippen molar-refractivity contribution < 1.29 is 9.59 Å². The Morgan fingerprint density at radius 1 is 1.30 bits per heavy atom. The number of carbonyl (C=O) groups is 2. The van der Waals surface area contributed by atoms with E-state index in [-0.39, 0.29) is 23.1 Å². The maximum Gasteiger partial charge on any atom is 0.227 e. The lowest BCUT2D eigenvalue weighted by Crippen LogP contribution is -2.51. The van der Waals surface area contributed by atoms with E-state index in [4.69, 9.17) is 0 Å². The molecule has 0 aromatic carbocycles. The van der Waals surface area contributed by atoms with Crippen molar-refractivity contribution in [1.82, 2.24) is 15.5 Å². The third-order valence-electron chi connectivity index (χ3n) is 4.15. The highest BCUT2D eigenvalue weighted by Crippen LogP contribution is 2.23. The maximum atomic E-state index is 12.3. The molecule has 0 aliphatic carbocycles. The van der Waals surface area contributed by atoms with E-state index in [9.17, 15) is 9.59 Å². The van der Waals surface area contributed by atoms with Crippen molar-refractivity contribution in [3.63, 3.8) is 0 Å². The van der Waals surface area contributed by atoms with Crippen LogP contribution in [0.1, 0.15) is 33.6 Å². The summed E-state index contributed by atoms with van der Waals surface area (Å²) in [6.07, 6.45) is 1.81. The van der Waals surface area contributed by atoms with Crippen molar-refractivity contribution in [1.29, 1.82) is 0 Å². The Morgan fingerprint density at radius 2 is 2.00 bits per heavy atom. The molecule has 20 heavy (non-hydrogen) atoms. The molecule has 2 amide bonds. The molecule has 114 valence electrons. The van der Waals surface area contributed by atoms with Gasteiger partial charge in [-0.15, -0.1) is 0 Å². The average molecular weight is 281 g/mol. The molecular formula is C15H27N3O2. The fraction of sp³-hybridized carbons (Fsp3) is 0.867. The molecule has 2 heterocycles. The molecule has 0 aromatic heterocycles. The summed E-state index contributed by atoms with van der Waals surface area (Å²) in [4.78, 5) is 26.3. The summed E-state index contributed by atoms with van der Waals surface area (Å²) in [5.41, 5.74) is -0.365. The molecule has 1 atom stereocenters. The van der Waals surface area contributed by atoms with Crippen molar-refractivity contribution in [3.05, 3.63) is 0 Å². The van der Waals surface area contributed by atoms with Gasteiger partial charge < -0.3 is 15.5 Å². The van der Waals surface area contributed by atoms with Gasteiger partial charge in [0.2, 0.25) is 11.8 Å². The Labute approximate surface area is 121 Å². The topological polar surface area (TPSA) is 61.4 Å². The zero-order valence-electron chi connectivity index (χ0n) is 12.9. The fourth-order valence-electron chi connectivity index (χ4n) is 2.73. The van der Waals surface area contributed by atoms with Crippen LogP contribution in [-0.4, -0.2) is 49.4 Å². The van der Waals surface area contributed by atoms with Gasteiger partial charge >= 0.3 is 0 Å². The minimum absolute atomic E-state index is 0.0388. The van der Waals surface area contributed by atoms with Crippen LogP contribution in [0.15, 0.2) is 0 Å². The average Bonchev–Trinajstić information content (AvgIpc) is 2.35. The minimum atomic E-state index is -0.365. The summed E-state index contributed by atoms with van der Waals surface area (Å²) in [6, 6.07) is 0. The summed E-state index contributed by atoms with van der Waals surface area (Å²) < 4.78 is 0. The summed E-state index contributed by atoms with van der Waals surface area (Å²) in [5, 5.41) is 6.23. The molecule has 2 aliphatic rings. The van der Waals surface area contributed by atoms with Gasteiger partial charge in [0.25, 0.3) is 0 Å². The summed E-state index contributed by atoms with van der Waals surface area (Å²) in [5.74, 6) is 0.805. The van der Waals surface area contributed by atoms with E-state index in [0.29, 0.717) is 12.5 Å². The molecule has 0 spiro atoms. The number of hydrogen-bond acceptors (Lipinski definition) is 3. The van der Waals surface area contributed by atoms with Crippen LogP contribution in [0.4, 0.5) is 0 Å². The van der Waals surface area contributed by atoms with Crippen LogP contribution in [-0.2, 0) is 9.59 Å². The lowest BCUT2D eigenvalue weighted by atomic mass is 9.90. The summed E-state index contributed by atoms with van der Waals surface area (Å²) in [7, 11) is 0. The fourth-order valence-corrected chi connectivity index (χ4v) is 2.73. The van der Waals surface area contributed by atoms with E-state index < -0.39 is 0 Å². The van der Waals surface area contributed by atoms with Crippen LogP contribution in [0.2, 0.25) is 0 Å². The van der Waals surface area contributed by atoms with Crippen LogP contribution in [0.5, 0.6) is 0 Å². The molecular weight excluding hydrogens is 254 g/mol. The molecule has 5 heteroatoms. The van der Waals surface area contributed by atoms with Crippen molar-refractivity contribution in [2.75, 3.05) is 32.7 Å². The second kappa shape index (κ2) is 6.12. The van der Waals surface area contributed by atoms with Gasteiger partial charge in [-0.3, -0.25) is 9.59 Å². The van der Waals surface area contributed by atoms with Gasteiger partial charge in [0, 0.05) is 44.1 Å². The van der Waals surface area contributed by atoms with Crippen molar-refractivity contribution in [2.45, 2.75) is 33.6 Å². The molecule has 5 nitrogen and oxygen atoms in total. The lowest BCUT2D eigenvalue weighted by Gasteiger charge is -2.36. The quantitative estimate of drug-likeness (QED) is 0.796. The Morgan fingerprint density at radius 3 is 2.55 bits per heavy atom. The lowest BCUT2D eigenvalue weighted by molar-refractivity contribution is -0.142. The molecule has 0 saturated carbocycles. The van der Waals surface area contributed by atoms with E-state index in [2.05, 4.69) is 10.6 Å². The van der Waals surface area contributed by atoms with Gasteiger partial charge in [-0.25, -0.2) is 0 Å². The smallest absolute Gasteiger partial charge is 0.227 e. The zero-order chi connectivity index (χ0) is 14.8. The van der Waals surface area contributed by atoms with E-state index in [1.807, 2.05) is 25.7 Å². The normalized spacial score (nSPS) is 24.1. The monoisotopic (exact) mass is 281 g/mol. The number of piperidine rings is 1. The number of hydrogen-bond donors (Lipinski definition) is 2. The summed E-state index contributed by atoms with van der Waals surface area (Å²) >= 11 is 0. The number of carbonyl (C=O) groups excluding carboxylic acids is 2. The van der Waals surface area contributed by atoms with Gasteiger partial charge in [0.05, 0.1) is 5.92 Å². The minimum Gasteiger partial charge on any atom is -0.355 e. The van der Waals surface area contributed by atoms with E-state index in [1.165, 1.54) is 0 Å². The van der Waals surface area contributed by atoms with Gasteiger partial charge in [-0.1, -0.05) is 20.8 Å². The first-order valence-corrected chi connectivity index (χ1v) is 7.65.